The Morgan fingerprint density at radius 3 is 2.50 bits per heavy atom. The van der Waals surface area contributed by atoms with Gasteiger partial charge in [-0.2, -0.15) is 0 Å². The van der Waals surface area contributed by atoms with Gasteiger partial charge in [-0.15, -0.1) is 0 Å². The third-order valence-electron chi connectivity index (χ3n) is 3.07. The smallest absolute Gasteiger partial charge is 0.338 e. The van der Waals surface area contributed by atoms with Crippen LogP contribution in [0.2, 0.25) is 0 Å². The third-order valence-corrected chi connectivity index (χ3v) is 4.32. The molecule has 1 aromatic carbocycles. The topological polar surface area (TPSA) is 72.9 Å². The molecule has 1 aromatic rings. The van der Waals surface area contributed by atoms with Gasteiger partial charge in [-0.3, -0.25) is 9.59 Å². The van der Waals surface area contributed by atoms with Gasteiger partial charge in [-0.25, -0.2) is 4.79 Å². The molecular formula is C15H17NO5S. The van der Waals surface area contributed by atoms with Crippen molar-refractivity contribution >= 4 is 29.6 Å². The molecule has 1 saturated heterocycles. The average Bonchev–Trinajstić information content (AvgIpc) is 2.88. The van der Waals surface area contributed by atoms with E-state index in [1.54, 1.807) is 24.3 Å². The monoisotopic (exact) mass is 323 g/mol. The highest BCUT2D eigenvalue weighted by Gasteiger charge is 2.37. The third kappa shape index (κ3) is 4.24. The molecule has 1 aliphatic rings. The zero-order valence-corrected chi connectivity index (χ0v) is 13.2. The molecule has 1 heterocycles. The Hall–Kier alpha value is -2.02. The Kier molecular flexibility index (Phi) is 5.43. The van der Waals surface area contributed by atoms with Crippen LogP contribution < -0.4 is 0 Å². The first-order valence-corrected chi connectivity index (χ1v) is 7.73. The Labute approximate surface area is 132 Å². The van der Waals surface area contributed by atoms with Gasteiger partial charge < -0.3 is 14.4 Å². The second-order valence-electron chi connectivity index (χ2n) is 4.77. The second kappa shape index (κ2) is 7.31. The van der Waals surface area contributed by atoms with Gasteiger partial charge in [-0.05, 0) is 12.1 Å². The molecule has 1 amide bonds. The van der Waals surface area contributed by atoms with Crippen LogP contribution in [0.3, 0.4) is 0 Å². The van der Waals surface area contributed by atoms with Crippen LogP contribution in [0.5, 0.6) is 0 Å². The molecule has 0 bridgehead atoms. The number of ether oxygens (including phenoxy) is 2. The highest BCUT2D eigenvalue weighted by Crippen LogP contribution is 2.31. The van der Waals surface area contributed by atoms with Crippen molar-refractivity contribution in [2.24, 2.45) is 0 Å². The van der Waals surface area contributed by atoms with Crippen LogP contribution in [0, 0.1) is 0 Å². The minimum absolute atomic E-state index is 0.0513. The molecular weight excluding hydrogens is 306 g/mol. The summed E-state index contributed by atoms with van der Waals surface area (Å²) in [6.45, 7) is 3.10. The summed E-state index contributed by atoms with van der Waals surface area (Å²) in [6, 6.07) is 8.63. The maximum Gasteiger partial charge on any atom is 0.338 e. The Morgan fingerprint density at radius 2 is 1.91 bits per heavy atom. The number of hydrogen-bond acceptors (Lipinski definition) is 6. The number of rotatable bonds is 4. The summed E-state index contributed by atoms with van der Waals surface area (Å²) in [5.74, 6) is -0.994. The highest BCUT2D eigenvalue weighted by molar-refractivity contribution is 8.00. The van der Waals surface area contributed by atoms with E-state index in [0.717, 1.165) is 0 Å². The molecule has 0 saturated carbocycles. The van der Waals surface area contributed by atoms with Gasteiger partial charge in [0.1, 0.15) is 12.0 Å². The summed E-state index contributed by atoms with van der Waals surface area (Å²) in [7, 11) is 0. The molecule has 2 atom stereocenters. The van der Waals surface area contributed by atoms with E-state index in [0.29, 0.717) is 12.1 Å². The molecule has 0 radical (unpaired) electrons. The standard InChI is InChI=1S/C15H17NO5S/c1-10(17)16-8-14(21-11(2)18)22-13(16)9-20-15(19)12-6-4-3-5-7-12/h3-7,13-14H,8-9H2,1-2H3. The lowest BCUT2D eigenvalue weighted by molar-refractivity contribution is -0.144. The van der Waals surface area contributed by atoms with Gasteiger partial charge in [0.25, 0.3) is 0 Å². The van der Waals surface area contributed by atoms with Crippen molar-refractivity contribution in [3.8, 4) is 0 Å². The summed E-state index contributed by atoms with van der Waals surface area (Å²) < 4.78 is 10.4. The van der Waals surface area contributed by atoms with Gasteiger partial charge >= 0.3 is 11.9 Å². The zero-order valence-electron chi connectivity index (χ0n) is 12.4. The Morgan fingerprint density at radius 1 is 1.23 bits per heavy atom. The van der Waals surface area contributed by atoms with E-state index >= 15 is 0 Å². The van der Waals surface area contributed by atoms with E-state index in [1.165, 1.54) is 30.5 Å². The van der Waals surface area contributed by atoms with Crippen LogP contribution in [-0.2, 0) is 19.1 Å². The lowest BCUT2D eigenvalue weighted by Gasteiger charge is -2.21. The van der Waals surface area contributed by atoms with E-state index in [-0.39, 0.29) is 17.9 Å². The molecule has 22 heavy (non-hydrogen) atoms. The first-order valence-electron chi connectivity index (χ1n) is 6.79. The van der Waals surface area contributed by atoms with E-state index in [2.05, 4.69) is 0 Å². The summed E-state index contributed by atoms with van der Waals surface area (Å²) in [5, 5.41) is -0.352. The van der Waals surface area contributed by atoms with Crippen molar-refractivity contribution in [2.75, 3.05) is 13.2 Å². The van der Waals surface area contributed by atoms with Crippen LogP contribution in [0.25, 0.3) is 0 Å². The van der Waals surface area contributed by atoms with Crippen LogP contribution in [-0.4, -0.2) is 46.7 Å². The van der Waals surface area contributed by atoms with Gasteiger partial charge in [0.05, 0.1) is 12.1 Å². The Bertz CT molecular complexity index is 562. The van der Waals surface area contributed by atoms with E-state index in [9.17, 15) is 14.4 Å². The first kappa shape index (κ1) is 16.4. The number of hydrogen-bond donors (Lipinski definition) is 0. The zero-order chi connectivity index (χ0) is 16.1. The van der Waals surface area contributed by atoms with Crippen LogP contribution >= 0.6 is 11.8 Å². The lowest BCUT2D eigenvalue weighted by Crippen LogP contribution is -2.37. The molecule has 0 N–H and O–H groups in total. The predicted molar refractivity (Wildman–Crippen MR) is 81.0 cm³/mol. The molecule has 1 fully saturated rings. The molecule has 118 valence electrons. The predicted octanol–water partition coefficient (Wildman–Crippen LogP) is 1.65. The minimum atomic E-state index is -0.444. The molecule has 2 rings (SSSR count). The van der Waals surface area contributed by atoms with Crippen molar-refractivity contribution < 1.29 is 23.9 Å². The molecule has 0 aliphatic carbocycles. The quantitative estimate of drug-likeness (QED) is 0.785. The number of benzene rings is 1. The van der Waals surface area contributed by atoms with E-state index in [4.69, 9.17) is 9.47 Å². The number of amides is 1. The number of thioether (sulfide) groups is 1. The first-order chi connectivity index (χ1) is 10.5. The normalized spacial score (nSPS) is 20.5. The lowest BCUT2D eigenvalue weighted by atomic mass is 10.2. The van der Waals surface area contributed by atoms with Gasteiger partial charge in [-0.1, -0.05) is 30.0 Å². The van der Waals surface area contributed by atoms with Crippen LogP contribution in [0.4, 0.5) is 0 Å². The molecule has 2 unspecified atom stereocenters. The summed E-state index contributed by atoms with van der Waals surface area (Å²) >= 11 is 1.30. The minimum Gasteiger partial charge on any atom is -0.459 e. The van der Waals surface area contributed by atoms with Crippen molar-refractivity contribution in [3.05, 3.63) is 35.9 Å². The molecule has 0 spiro atoms. The maximum absolute atomic E-state index is 11.9. The summed E-state index contributed by atoms with van der Waals surface area (Å²) in [4.78, 5) is 36.1. The average molecular weight is 323 g/mol. The molecule has 6 nitrogen and oxygen atoms in total. The fraction of sp³-hybridized carbons (Fsp3) is 0.400. The van der Waals surface area contributed by atoms with Gasteiger partial charge in [0.2, 0.25) is 5.91 Å². The number of nitrogens with zero attached hydrogens (tertiary/aromatic N) is 1. The van der Waals surface area contributed by atoms with E-state index < -0.39 is 17.4 Å². The van der Waals surface area contributed by atoms with Crippen molar-refractivity contribution in [2.45, 2.75) is 24.7 Å². The number of esters is 2. The number of carbonyl (C=O) groups excluding carboxylic acids is 3. The maximum atomic E-state index is 11.9. The highest BCUT2D eigenvalue weighted by atomic mass is 32.2. The van der Waals surface area contributed by atoms with Crippen LogP contribution in [0.15, 0.2) is 30.3 Å². The molecule has 0 aromatic heterocycles. The van der Waals surface area contributed by atoms with Crippen LogP contribution in [0.1, 0.15) is 24.2 Å². The molecule has 1 aliphatic heterocycles. The fourth-order valence-electron chi connectivity index (χ4n) is 2.09. The SMILES string of the molecule is CC(=O)OC1CN(C(C)=O)C(COC(=O)c2ccccc2)S1. The largest absolute Gasteiger partial charge is 0.459 e. The summed E-state index contributed by atoms with van der Waals surface area (Å²) in [6.07, 6.45) is 0. The van der Waals surface area contributed by atoms with Gasteiger partial charge in [0.15, 0.2) is 5.44 Å². The van der Waals surface area contributed by atoms with Crippen molar-refractivity contribution in [1.82, 2.24) is 4.90 Å². The fourth-order valence-corrected chi connectivity index (χ4v) is 3.40. The van der Waals surface area contributed by atoms with E-state index in [1.807, 2.05) is 6.07 Å². The van der Waals surface area contributed by atoms with Gasteiger partial charge in [0, 0.05) is 13.8 Å². The number of carbonyl (C=O) groups is 3. The van der Waals surface area contributed by atoms with Crippen molar-refractivity contribution in [1.29, 1.82) is 0 Å². The van der Waals surface area contributed by atoms with Crippen molar-refractivity contribution in [3.63, 3.8) is 0 Å². The molecule has 7 heteroatoms. The Balaban J connectivity index is 1.94. The summed E-state index contributed by atoms with van der Waals surface area (Å²) in [5.41, 5.74) is 0.0261. The second-order valence-corrected chi connectivity index (χ2v) is 6.11.